The number of aromatic amines is 1. The topological polar surface area (TPSA) is 85.5 Å². The predicted octanol–water partition coefficient (Wildman–Crippen LogP) is 2.65. The predicted molar refractivity (Wildman–Crippen MR) is 83.0 cm³/mol. The van der Waals surface area contributed by atoms with Gasteiger partial charge in [-0.3, -0.25) is 9.59 Å². The van der Waals surface area contributed by atoms with Gasteiger partial charge in [-0.2, -0.15) is 0 Å². The lowest BCUT2D eigenvalue weighted by Gasteiger charge is -2.12. The Bertz CT molecular complexity index is 730. The molecule has 0 aliphatic rings. The van der Waals surface area contributed by atoms with Crippen molar-refractivity contribution < 1.29 is 23.9 Å². The number of rotatable bonds is 6. The zero-order valence-electron chi connectivity index (χ0n) is 13.1. The van der Waals surface area contributed by atoms with Crippen LogP contribution in [-0.2, 0) is 4.74 Å². The van der Waals surface area contributed by atoms with Gasteiger partial charge < -0.3 is 14.5 Å². The minimum absolute atomic E-state index is 0.129. The summed E-state index contributed by atoms with van der Waals surface area (Å²) in [6, 6.07) is 7.93. The number of ketones is 2. The van der Waals surface area contributed by atoms with Crippen molar-refractivity contribution in [1.29, 1.82) is 0 Å². The molecule has 1 heterocycles. The van der Waals surface area contributed by atoms with Crippen molar-refractivity contribution in [2.45, 2.75) is 20.0 Å². The van der Waals surface area contributed by atoms with Crippen LogP contribution < -0.4 is 4.74 Å². The van der Waals surface area contributed by atoms with E-state index in [4.69, 9.17) is 9.47 Å². The fourth-order valence-electron chi connectivity index (χ4n) is 1.98. The smallest absolute Gasteiger partial charge is 0.355 e. The van der Waals surface area contributed by atoms with E-state index in [1.807, 2.05) is 0 Å². The maximum atomic E-state index is 12.2. The molecule has 0 bridgehead atoms. The van der Waals surface area contributed by atoms with Gasteiger partial charge in [-0.05, 0) is 44.2 Å². The number of aromatic nitrogens is 1. The summed E-state index contributed by atoms with van der Waals surface area (Å²) in [6.07, 6.45) is 0.481. The number of ether oxygens (including phenoxy) is 2. The maximum absolute atomic E-state index is 12.2. The number of nitrogens with one attached hydrogen (secondary N) is 1. The van der Waals surface area contributed by atoms with E-state index in [2.05, 4.69) is 4.98 Å². The molecule has 0 spiro atoms. The molecule has 2 aromatic rings. The summed E-state index contributed by atoms with van der Waals surface area (Å²) in [5.74, 6) is -0.539. The Morgan fingerprint density at radius 3 is 2.26 bits per heavy atom. The van der Waals surface area contributed by atoms with Gasteiger partial charge >= 0.3 is 5.97 Å². The average Bonchev–Trinajstić information content (AvgIpc) is 3.04. The Hall–Kier alpha value is -2.89. The molecule has 1 aromatic carbocycles. The van der Waals surface area contributed by atoms with Crippen molar-refractivity contribution in [1.82, 2.24) is 4.98 Å². The minimum Gasteiger partial charge on any atom is -0.497 e. The number of methoxy groups -OCH3 is 1. The molecule has 0 aliphatic carbocycles. The highest BCUT2D eigenvalue weighted by atomic mass is 16.5. The summed E-state index contributed by atoms with van der Waals surface area (Å²) in [5, 5.41) is 0. The van der Waals surface area contributed by atoms with E-state index in [0.29, 0.717) is 16.9 Å². The van der Waals surface area contributed by atoms with Crippen LogP contribution in [0.1, 0.15) is 45.1 Å². The lowest BCUT2D eigenvalue weighted by Crippen LogP contribution is -2.24. The summed E-state index contributed by atoms with van der Waals surface area (Å²) in [4.78, 5) is 38.1. The van der Waals surface area contributed by atoms with Crippen molar-refractivity contribution in [3.05, 3.63) is 53.3 Å². The van der Waals surface area contributed by atoms with Crippen LogP contribution in [0.15, 0.2) is 36.5 Å². The molecule has 1 atom stereocenters. The first-order valence-electron chi connectivity index (χ1n) is 7.01. The lowest BCUT2D eigenvalue weighted by molar-refractivity contribution is 0.0314. The van der Waals surface area contributed by atoms with E-state index >= 15 is 0 Å². The first kappa shape index (κ1) is 16.5. The molecule has 0 fully saturated rings. The van der Waals surface area contributed by atoms with E-state index in [1.165, 1.54) is 33.2 Å². The second-order valence-corrected chi connectivity index (χ2v) is 5.00. The van der Waals surface area contributed by atoms with Crippen molar-refractivity contribution in [2.24, 2.45) is 0 Å². The molecule has 23 heavy (non-hydrogen) atoms. The number of Topliss-reactive ketones (excluding diaryl/α,β-unsaturated/α-hetero) is 2. The van der Waals surface area contributed by atoms with Gasteiger partial charge in [0.2, 0.25) is 5.78 Å². The molecule has 0 saturated heterocycles. The second kappa shape index (κ2) is 6.91. The van der Waals surface area contributed by atoms with E-state index in [9.17, 15) is 14.4 Å². The fraction of sp³-hybridized carbons (Fsp3) is 0.235. The molecule has 1 aromatic heterocycles. The zero-order chi connectivity index (χ0) is 17.0. The van der Waals surface area contributed by atoms with Gasteiger partial charge in [0, 0.05) is 17.3 Å². The average molecular weight is 315 g/mol. The van der Waals surface area contributed by atoms with Crippen LogP contribution in [0, 0.1) is 0 Å². The van der Waals surface area contributed by atoms with Crippen LogP contribution in [0.4, 0.5) is 0 Å². The Morgan fingerprint density at radius 1 is 1.09 bits per heavy atom. The maximum Gasteiger partial charge on any atom is 0.355 e. The van der Waals surface area contributed by atoms with E-state index in [0.717, 1.165) is 0 Å². The Morgan fingerprint density at radius 2 is 1.74 bits per heavy atom. The first-order chi connectivity index (χ1) is 10.9. The fourth-order valence-corrected chi connectivity index (χ4v) is 1.98. The zero-order valence-corrected chi connectivity index (χ0v) is 13.1. The third-order valence-corrected chi connectivity index (χ3v) is 3.34. The molecule has 6 nitrogen and oxygen atoms in total. The number of carbonyl (C=O) groups excluding carboxylic acids is 3. The first-order valence-corrected chi connectivity index (χ1v) is 7.01. The van der Waals surface area contributed by atoms with Crippen LogP contribution >= 0.6 is 0 Å². The summed E-state index contributed by atoms with van der Waals surface area (Å²) in [6.45, 7) is 2.90. The third-order valence-electron chi connectivity index (χ3n) is 3.34. The highest BCUT2D eigenvalue weighted by molar-refractivity contribution is 6.02. The molecular weight excluding hydrogens is 298 g/mol. The molecular formula is C17H17NO5. The normalized spacial score (nSPS) is 11.6. The third kappa shape index (κ3) is 3.85. The Kier molecular flexibility index (Phi) is 4.95. The van der Waals surface area contributed by atoms with Crippen molar-refractivity contribution in [3.8, 4) is 5.75 Å². The number of hydrogen-bond donors (Lipinski definition) is 1. The summed E-state index contributed by atoms with van der Waals surface area (Å²) < 4.78 is 10.2. The number of esters is 1. The largest absolute Gasteiger partial charge is 0.497 e. The molecule has 2 rings (SSSR count). The summed E-state index contributed by atoms with van der Waals surface area (Å²) in [7, 11) is 1.53. The van der Waals surface area contributed by atoms with Crippen LogP contribution in [-0.4, -0.2) is 35.7 Å². The van der Waals surface area contributed by atoms with Crippen LogP contribution in [0.3, 0.4) is 0 Å². The van der Waals surface area contributed by atoms with Gasteiger partial charge in [0.1, 0.15) is 11.4 Å². The van der Waals surface area contributed by atoms with Crippen molar-refractivity contribution in [2.75, 3.05) is 7.11 Å². The quantitative estimate of drug-likeness (QED) is 0.654. The molecule has 0 aliphatic heterocycles. The molecule has 120 valence electrons. The monoisotopic (exact) mass is 315 g/mol. The second-order valence-electron chi connectivity index (χ2n) is 5.00. The van der Waals surface area contributed by atoms with Crippen LogP contribution in [0.5, 0.6) is 5.75 Å². The molecule has 0 unspecified atom stereocenters. The van der Waals surface area contributed by atoms with Crippen LogP contribution in [0.25, 0.3) is 0 Å². The number of H-pyrrole nitrogens is 1. The van der Waals surface area contributed by atoms with Gasteiger partial charge in [-0.15, -0.1) is 0 Å². The molecule has 6 heteroatoms. The number of carbonyl (C=O) groups is 3. The van der Waals surface area contributed by atoms with Crippen molar-refractivity contribution >= 4 is 17.5 Å². The number of benzene rings is 1. The Labute approximate surface area is 133 Å². The van der Waals surface area contributed by atoms with Gasteiger partial charge in [-0.25, -0.2) is 4.79 Å². The van der Waals surface area contributed by atoms with Gasteiger partial charge in [0.05, 0.1) is 7.11 Å². The van der Waals surface area contributed by atoms with E-state index in [-0.39, 0.29) is 17.3 Å². The summed E-state index contributed by atoms with van der Waals surface area (Å²) in [5.41, 5.74) is 0.928. The van der Waals surface area contributed by atoms with Gasteiger partial charge in [0.15, 0.2) is 11.9 Å². The van der Waals surface area contributed by atoms with Gasteiger partial charge in [0.25, 0.3) is 0 Å². The molecule has 0 radical (unpaired) electrons. The standard InChI is InChI=1S/C17H17NO5/c1-10(19)13-8-15(18-9-13)17(21)23-11(2)16(20)12-4-6-14(22-3)7-5-12/h4-9,11,18H,1-3H3/t11-/m0/s1. The molecule has 0 amide bonds. The van der Waals surface area contributed by atoms with E-state index < -0.39 is 12.1 Å². The van der Waals surface area contributed by atoms with Gasteiger partial charge in [-0.1, -0.05) is 0 Å². The Balaban J connectivity index is 2.04. The lowest BCUT2D eigenvalue weighted by atomic mass is 10.1. The van der Waals surface area contributed by atoms with E-state index in [1.54, 1.807) is 24.3 Å². The SMILES string of the molecule is COc1ccc(C(=O)[C@H](C)OC(=O)c2cc(C(C)=O)c[nH]2)cc1. The highest BCUT2D eigenvalue weighted by Crippen LogP contribution is 2.15. The molecule has 0 saturated carbocycles. The highest BCUT2D eigenvalue weighted by Gasteiger charge is 2.21. The van der Waals surface area contributed by atoms with Crippen molar-refractivity contribution in [3.63, 3.8) is 0 Å². The molecule has 1 N–H and O–H groups in total. The minimum atomic E-state index is -0.944. The van der Waals surface area contributed by atoms with Crippen LogP contribution in [0.2, 0.25) is 0 Å². The number of hydrogen-bond acceptors (Lipinski definition) is 5. The summed E-state index contributed by atoms with van der Waals surface area (Å²) >= 11 is 0.